The molecule has 1 aromatic rings. The minimum atomic E-state index is -0.529. The first-order chi connectivity index (χ1) is 9.35. The van der Waals surface area contributed by atoms with Gasteiger partial charge in [0.15, 0.2) is 0 Å². The van der Waals surface area contributed by atoms with Crippen molar-refractivity contribution in [2.75, 3.05) is 12.4 Å². The molecule has 20 heavy (non-hydrogen) atoms. The van der Waals surface area contributed by atoms with Crippen LogP contribution in [-0.2, 0) is 0 Å². The molecule has 1 aliphatic carbocycles. The van der Waals surface area contributed by atoms with Crippen molar-refractivity contribution in [2.24, 2.45) is 5.92 Å². The molecule has 0 radical (unpaired) electrons. The standard InChI is InChI=1S/C14H19N3O3/c1-14(2,9-4-5-9)16-13(18)11-8-10(15-3)6-7-12(11)17(19)20/h6-9,15H,4-5H2,1-3H3,(H,16,18). The van der Waals surface area contributed by atoms with Gasteiger partial charge in [-0.1, -0.05) is 0 Å². The Kier molecular flexibility index (Phi) is 3.65. The second kappa shape index (κ2) is 5.11. The summed E-state index contributed by atoms with van der Waals surface area (Å²) in [6, 6.07) is 4.45. The van der Waals surface area contributed by atoms with Crippen molar-refractivity contribution in [3.05, 3.63) is 33.9 Å². The summed E-state index contributed by atoms with van der Waals surface area (Å²) in [6.07, 6.45) is 2.18. The van der Waals surface area contributed by atoms with E-state index in [4.69, 9.17) is 0 Å². The molecule has 108 valence electrons. The summed E-state index contributed by atoms with van der Waals surface area (Å²) in [4.78, 5) is 22.9. The zero-order valence-electron chi connectivity index (χ0n) is 11.9. The number of nitro benzene ring substituents is 1. The largest absolute Gasteiger partial charge is 0.388 e. The monoisotopic (exact) mass is 277 g/mol. The number of nitrogens with one attached hydrogen (secondary N) is 2. The van der Waals surface area contributed by atoms with Gasteiger partial charge in [0.1, 0.15) is 5.56 Å². The van der Waals surface area contributed by atoms with E-state index in [9.17, 15) is 14.9 Å². The zero-order valence-corrected chi connectivity index (χ0v) is 11.9. The Morgan fingerprint density at radius 2 is 2.05 bits per heavy atom. The van der Waals surface area contributed by atoms with E-state index in [0.717, 1.165) is 12.8 Å². The quantitative estimate of drug-likeness (QED) is 0.640. The average molecular weight is 277 g/mol. The van der Waals surface area contributed by atoms with E-state index in [-0.39, 0.29) is 16.8 Å². The summed E-state index contributed by atoms with van der Waals surface area (Å²) in [5.74, 6) is 0.0590. The second-order valence-electron chi connectivity index (χ2n) is 5.69. The van der Waals surface area contributed by atoms with Crippen molar-refractivity contribution in [3.63, 3.8) is 0 Å². The van der Waals surface area contributed by atoms with Gasteiger partial charge in [-0.2, -0.15) is 0 Å². The summed E-state index contributed by atoms with van der Waals surface area (Å²) >= 11 is 0. The lowest BCUT2D eigenvalue weighted by atomic mass is 9.98. The van der Waals surface area contributed by atoms with Gasteiger partial charge in [0.25, 0.3) is 11.6 Å². The van der Waals surface area contributed by atoms with E-state index in [1.807, 2.05) is 13.8 Å². The fourth-order valence-corrected chi connectivity index (χ4v) is 2.30. The molecule has 0 bridgehead atoms. The number of rotatable bonds is 5. The van der Waals surface area contributed by atoms with E-state index < -0.39 is 10.8 Å². The molecule has 1 aromatic carbocycles. The molecule has 2 N–H and O–H groups in total. The Labute approximate surface area is 117 Å². The number of hydrogen-bond donors (Lipinski definition) is 2. The molecular weight excluding hydrogens is 258 g/mol. The molecule has 1 aliphatic rings. The number of nitrogens with zero attached hydrogens (tertiary/aromatic N) is 1. The lowest BCUT2D eigenvalue weighted by molar-refractivity contribution is -0.385. The predicted molar refractivity (Wildman–Crippen MR) is 76.9 cm³/mol. The molecule has 0 aromatic heterocycles. The molecule has 1 amide bonds. The molecule has 1 fully saturated rings. The van der Waals surface area contributed by atoms with Crippen LogP contribution in [0.2, 0.25) is 0 Å². The summed E-state index contributed by atoms with van der Waals surface area (Å²) in [7, 11) is 1.71. The SMILES string of the molecule is CNc1ccc([N+](=O)[O-])c(C(=O)NC(C)(C)C2CC2)c1. The van der Waals surface area contributed by atoms with Crippen LogP contribution in [0.4, 0.5) is 11.4 Å². The number of benzene rings is 1. The Balaban J connectivity index is 2.29. The third-order valence-electron chi connectivity index (χ3n) is 3.76. The molecule has 1 saturated carbocycles. The Morgan fingerprint density at radius 3 is 2.55 bits per heavy atom. The van der Waals surface area contributed by atoms with E-state index in [1.54, 1.807) is 13.1 Å². The van der Waals surface area contributed by atoms with Gasteiger partial charge in [-0.3, -0.25) is 14.9 Å². The lowest BCUT2D eigenvalue weighted by Crippen LogP contribution is -2.45. The van der Waals surface area contributed by atoms with Gasteiger partial charge in [-0.05, 0) is 44.7 Å². The van der Waals surface area contributed by atoms with Crippen LogP contribution in [-0.4, -0.2) is 23.4 Å². The Morgan fingerprint density at radius 1 is 1.40 bits per heavy atom. The highest BCUT2D eigenvalue weighted by atomic mass is 16.6. The van der Waals surface area contributed by atoms with Crippen molar-refractivity contribution >= 4 is 17.3 Å². The molecule has 0 atom stereocenters. The Hall–Kier alpha value is -2.11. The van der Waals surface area contributed by atoms with Gasteiger partial charge in [-0.25, -0.2) is 0 Å². The van der Waals surface area contributed by atoms with Gasteiger partial charge in [0, 0.05) is 24.3 Å². The maximum atomic E-state index is 12.3. The second-order valence-corrected chi connectivity index (χ2v) is 5.69. The summed E-state index contributed by atoms with van der Waals surface area (Å²) in [6.45, 7) is 3.91. The van der Waals surface area contributed by atoms with E-state index in [2.05, 4.69) is 10.6 Å². The fourth-order valence-electron chi connectivity index (χ4n) is 2.30. The van der Waals surface area contributed by atoms with Crippen molar-refractivity contribution in [1.82, 2.24) is 5.32 Å². The molecule has 0 heterocycles. The minimum absolute atomic E-state index is 0.0931. The van der Waals surface area contributed by atoms with Crippen LogP contribution < -0.4 is 10.6 Å². The van der Waals surface area contributed by atoms with Crippen molar-refractivity contribution in [3.8, 4) is 0 Å². The highest BCUT2D eigenvalue weighted by Crippen LogP contribution is 2.39. The first-order valence-corrected chi connectivity index (χ1v) is 6.64. The number of anilines is 1. The normalized spacial score (nSPS) is 14.8. The van der Waals surface area contributed by atoms with E-state index in [1.165, 1.54) is 12.1 Å². The van der Waals surface area contributed by atoms with Gasteiger partial charge in [-0.15, -0.1) is 0 Å². The number of carbonyl (C=O) groups excluding carboxylic acids is 1. The number of carbonyl (C=O) groups is 1. The van der Waals surface area contributed by atoms with Gasteiger partial charge in [0.2, 0.25) is 0 Å². The summed E-state index contributed by atoms with van der Waals surface area (Å²) in [5.41, 5.74) is 0.259. The fraction of sp³-hybridized carbons (Fsp3) is 0.500. The number of nitro groups is 1. The maximum absolute atomic E-state index is 12.3. The molecule has 0 spiro atoms. The van der Waals surface area contributed by atoms with Crippen LogP contribution in [0.15, 0.2) is 18.2 Å². The average Bonchev–Trinajstić information content (AvgIpc) is 3.21. The van der Waals surface area contributed by atoms with Crippen molar-refractivity contribution < 1.29 is 9.72 Å². The van der Waals surface area contributed by atoms with Crippen LogP contribution in [0.1, 0.15) is 37.0 Å². The van der Waals surface area contributed by atoms with Gasteiger partial charge in [0.05, 0.1) is 4.92 Å². The highest BCUT2D eigenvalue weighted by Gasteiger charge is 2.39. The first kappa shape index (κ1) is 14.3. The zero-order chi connectivity index (χ0) is 14.9. The summed E-state index contributed by atoms with van der Waals surface area (Å²) in [5, 5.41) is 16.8. The van der Waals surface area contributed by atoms with Crippen LogP contribution >= 0.6 is 0 Å². The third kappa shape index (κ3) is 2.89. The van der Waals surface area contributed by atoms with Crippen LogP contribution in [0.25, 0.3) is 0 Å². The van der Waals surface area contributed by atoms with Crippen LogP contribution in [0, 0.1) is 16.0 Å². The maximum Gasteiger partial charge on any atom is 0.282 e. The highest BCUT2D eigenvalue weighted by molar-refractivity contribution is 5.99. The topological polar surface area (TPSA) is 84.3 Å². The number of hydrogen-bond acceptors (Lipinski definition) is 4. The van der Waals surface area contributed by atoms with E-state index >= 15 is 0 Å². The van der Waals surface area contributed by atoms with Crippen LogP contribution in [0.5, 0.6) is 0 Å². The predicted octanol–water partition coefficient (Wildman–Crippen LogP) is 2.55. The molecule has 6 nitrogen and oxygen atoms in total. The van der Waals surface area contributed by atoms with Crippen molar-refractivity contribution in [1.29, 1.82) is 0 Å². The molecule has 0 saturated heterocycles. The van der Waals surface area contributed by atoms with Gasteiger partial charge >= 0.3 is 0 Å². The molecule has 0 aliphatic heterocycles. The lowest BCUT2D eigenvalue weighted by Gasteiger charge is -2.26. The molecule has 0 unspecified atom stereocenters. The summed E-state index contributed by atoms with van der Waals surface area (Å²) < 4.78 is 0. The van der Waals surface area contributed by atoms with E-state index in [0.29, 0.717) is 11.6 Å². The van der Waals surface area contributed by atoms with Crippen molar-refractivity contribution in [2.45, 2.75) is 32.2 Å². The first-order valence-electron chi connectivity index (χ1n) is 6.64. The number of amides is 1. The molecule has 2 rings (SSSR count). The van der Waals surface area contributed by atoms with Crippen LogP contribution in [0.3, 0.4) is 0 Å². The smallest absolute Gasteiger partial charge is 0.282 e. The molecular formula is C14H19N3O3. The third-order valence-corrected chi connectivity index (χ3v) is 3.76. The molecule has 6 heteroatoms. The Bertz CT molecular complexity index is 551. The minimum Gasteiger partial charge on any atom is -0.388 e. The van der Waals surface area contributed by atoms with Gasteiger partial charge < -0.3 is 10.6 Å².